The first kappa shape index (κ1) is 27.5. The number of aromatic nitrogens is 4. The molecule has 0 aliphatic carbocycles. The van der Waals surface area contributed by atoms with Gasteiger partial charge in [0.05, 0.1) is 23.9 Å². The van der Waals surface area contributed by atoms with Gasteiger partial charge in [-0.05, 0) is 36.7 Å². The van der Waals surface area contributed by atoms with Crippen LogP contribution in [0.3, 0.4) is 0 Å². The molecule has 2 aromatic heterocycles. The van der Waals surface area contributed by atoms with Crippen LogP contribution in [0.15, 0.2) is 79.3 Å². The van der Waals surface area contributed by atoms with E-state index >= 15 is 0 Å². The van der Waals surface area contributed by atoms with Crippen LogP contribution in [0, 0.1) is 5.92 Å². The van der Waals surface area contributed by atoms with E-state index in [1.807, 2.05) is 73.3 Å². The Labute approximate surface area is 231 Å². The van der Waals surface area contributed by atoms with Crippen LogP contribution in [-0.2, 0) is 4.79 Å². The lowest BCUT2D eigenvalue weighted by Gasteiger charge is -2.34. The van der Waals surface area contributed by atoms with Gasteiger partial charge in [0.15, 0.2) is 5.82 Å². The highest BCUT2D eigenvalue weighted by molar-refractivity contribution is 5.84. The van der Waals surface area contributed by atoms with E-state index in [1.54, 1.807) is 24.7 Å². The van der Waals surface area contributed by atoms with Crippen LogP contribution < -0.4 is 0 Å². The third-order valence-electron chi connectivity index (χ3n) is 7.50. The molecule has 1 aliphatic rings. The summed E-state index contributed by atoms with van der Waals surface area (Å²) in [6.07, 6.45) is 0.277. The first-order valence-corrected chi connectivity index (χ1v) is 13.4. The zero-order valence-electron chi connectivity index (χ0n) is 22.3. The van der Waals surface area contributed by atoms with Gasteiger partial charge in [0.2, 0.25) is 5.91 Å². The minimum Gasteiger partial charge on any atom is -0.340 e. The largest absolute Gasteiger partial charge is 0.393 e. The molecule has 5 rings (SSSR count). The topological polar surface area (TPSA) is 78.0 Å². The summed E-state index contributed by atoms with van der Waals surface area (Å²) in [5.41, 5.74) is 3.06. The highest BCUT2D eigenvalue weighted by atomic mass is 19.4. The number of benzene rings is 2. The van der Waals surface area contributed by atoms with Crippen molar-refractivity contribution in [1.29, 1.82) is 0 Å². The van der Waals surface area contributed by atoms with Crippen molar-refractivity contribution in [1.82, 2.24) is 29.7 Å². The zero-order chi connectivity index (χ0) is 28.3. The minimum atomic E-state index is -4.42. The van der Waals surface area contributed by atoms with Crippen molar-refractivity contribution in [2.45, 2.75) is 38.5 Å². The maximum Gasteiger partial charge on any atom is 0.393 e. The van der Waals surface area contributed by atoms with Gasteiger partial charge in [-0.1, -0.05) is 68.4 Å². The van der Waals surface area contributed by atoms with Crippen molar-refractivity contribution in [3.63, 3.8) is 0 Å². The van der Waals surface area contributed by atoms with Crippen molar-refractivity contribution >= 4 is 5.91 Å². The Morgan fingerprint density at radius 1 is 0.975 bits per heavy atom. The lowest BCUT2D eigenvalue weighted by Crippen LogP contribution is -2.43. The van der Waals surface area contributed by atoms with Crippen LogP contribution in [0.4, 0.5) is 13.2 Å². The molecule has 0 radical (unpaired) electrons. The highest BCUT2D eigenvalue weighted by Gasteiger charge is 2.51. The molecule has 208 valence electrons. The first-order valence-electron chi connectivity index (χ1n) is 13.4. The van der Waals surface area contributed by atoms with Gasteiger partial charge >= 0.3 is 6.18 Å². The van der Waals surface area contributed by atoms with Crippen molar-refractivity contribution in [3.8, 4) is 22.6 Å². The summed E-state index contributed by atoms with van der Waals surface area (Å²) in [6, 6.07) is 17.0. The van der Waals surface area contributed by atoms with Gasteiger partial charge in [-0.2, -0.15) is 13.2 Å². The first-order chi connectivity index (χ1) is 19.3. The molecule has 1 N–H and O–H groups in total. The van der Waals surface area contributed by atoms with Crippen LogP contribution in [0.5, 0.6) is 0 Å². The van der Waals surface area contributed by atoms with E-state index in [4.69, 9.17) is 0 Å². The molecule has 0 spiro atoms. The number of amides is 1. The Bertz CT molecular complexity index is 1400. The molecule has 1 aliphatic heterocycles. The summed E-state index contributed by atoms with van der Waals surface area (Å²) in [5, 5.41) is 0. The molecule has 1 amide bonds. The molecular formula is C30H31F3N6O. The number of hydrogen-bond acceptors (Lipinski definition) is 5. The molecular weight excluding hydrogens is 517 g/mol. The van der Waals surface area contributed by atoms with Gasteiger partial charge in [-0.25, -0.2) is 15.0 Å². The van der Waals surface area contributed by atoms with Crippen LogP contribution in [-0.4, -0.2) is 61.5 Å². The Balaban J connectivity index is 1.45. The monoisotopic (exact) mass is 548 g/mol. The van der Waals surface area contributed by atoms with E-state index in [0.717, 1.165) is 16.7 Å². The van der Waals surface area contributed by atoms with E-state index in [-0.39, 0.29) is 12.3 Å². The van der Waals surface area contributed by atoms with E-state index in [9.17, 15) is 18.0 Å². The molecule has 1 fully saturated rings. The number of hydrogen-bond donors (Lipinski definition) is 1. The maximum absolute atomic E-state index is 14.1. The molecule has 40 heavy (non-hydrogen) atoms. The second kappa shape index (κ2) is 11.6. The van der Waals surface area contributed by atoms with Gasteiger partial charge in [-0.3, -0.25) is 9.69 Å². The minimum absolute atomic E-state index is 0.244. The number of aromatic amines is 1. The molecule has 4 aromatic rings. The van der Waals surface area contributed by atoms with Crippen molar-refractivity contribution in [2.75, 3.05) is 19.6 Å². The molecule has 0 saturated carbocycles. The number of H-pyrrole nitrogens is 1. The lowest BCUT2D eigenvalue weighted by molar-refractivity contribution is -0.171. The Morgan fingerprint density at radius 3 is 2.25 bits per heavy atom. The molecule has 0 bridgehead atoms. The standard InChI is InChI=1S/C30H31F3N6O/c1-3-38(4-2)26(21-9-6-5-7-10-21)29(40)39-19-23(30(31,32)33)17-25(39)28-36-18-24(37-28)20-11-13-22(14-12-20)27-34-15-8-16-35-27/h5-16,18,23,25-26H,3-4,17,19H2,1-2H3,(H,36,37)/t23?,25-,26-/m0/s1. The van der Waals surface area contributed by atoms with Gasteiger partial charge in [0, 0.05) is 24.5 Å². The highest BCUT2D eigenvalue weighted by Crippen LogP contribution is 2.44. The second-order valence-corrected chi connectivity index (χ2v) is 9.85. The summed E-state index contributed by atoms with van der Waals surface area (Å²) in [7, 11) is 0. The SMILES string of the molecule is CCN(CC)[C@H](C(=O)N1CC(C(F)(F)F)C[C@H]1c1ncc(-c2ccc(-c3ncccn3)cc2)[nH]1)c1ccccc1. The zero-order valence-corrected chi connectivity index (χ0v) is 22.3. The molecule has 1 unspecified atom stereocenters. The number of likely N-dealkylation sites (tertiary alicyclic amines) is 1. The number of nitrogens with one attached hydrogen (secondary N) is 1. The van der Waals surface area contributed by atoms with Crippen molar-refractivity contribution in [3.05, 3.63) is 90.6 Å². The Morgan fingerprint density at radius 2 is 1.62 bits per heavy atom. The number of alkyl halides is 3. The average Bonchev–Trinajstić information content (AvgIpc) is 3.65. The van der Waals surface area contributed by atoms with E-state index < -0.39 is 30.7 Å². The summed E-state index contributed by atoms with van der Waals surface area (Å²) >= 11 is 0. The summed E-state index contributed by atoms with van der Waals surface area (Å²) in [4.78, 5) is 33.6. The number of rotatable bonds is 8. The predicted octanol–water partition coefficient (Wildman–Crippen LogP) is 6.07. The van der Waals surface area contributed by atoms with Gasteiger partial charge in [0.25, 0.3) is 0 Å². The van der Waals surface area contributed by atoms with Crippen molar-refractivity contribution in [2.24, 2.45) is 5.92 Å². The van der Waals surface area contributed by atoms with Gasteiger partial charge in [0.1, 0.15) is 11.9 Å². The smallest absolute Gasteiger partial charge is 0.340 e. The number of halogens is 3. The number of imidazole rings is 1. The lowest BCUT2D eigenvalue weighted by atomic mass is 10.0. The Kier molecular flexibility index (Phi) is 7.97. The van der Waals surface area contributed by atoms with Crippen LogP contribution in [0.1, 0.15) is 43.7 Å². The maximum atomic E-state index is 14.1. The van der Waals surface area contributed by atoms with Crippen LogP contribution in [0.2, 0.25) is 0 Å². The van der Waals surface area contributed by atoms with Gasteiger partial charge < -0.3 is 9.88 Å². The third kappa shape index (κ3) is 5.62. The summed E-state index contributed by atoms with van der Waals surface area (Å²) in [5.74, 6) is -1.04. The molecule has 2 aromatic carbocycles. The summed E-state index contributed by atoms with van der Waals surface area (Å²) in [6.45, 7) is 4.65. The molecule has 7 nitrogen and oxygen atoms in total. The molecule has 1 saturated heterocycles. The Hall–Kier alpha value is -4.05. The number of carbonyl (C=O) groups excluding carboxylic acids is 1. The van der Waals surface area contributed by atoms with E-state index in [2.05, 4.69) is 19.9 Å². The van der Waals surface area contributed by atoms with Crippen molar-refractivity contribution < 1.29 is 18.0 Å². The third-order valence-corrected chi connectivity index (χ3v) is 7.50. The molecule has 3 heterocycles. The van der Waals surface area contributed by atoms with Gasteiger partial charge in [-0.15, -0.1) is 0 Å². The van der Waals surface area contributed by atoms with E-state index in [1.165, 1.54) is 4.90 Å². The predicted molar refractivity (Wildman–Crippen MR) is 146 cm³/mol. The second-order valence-electron chi connectivity index (χ2n) is 9.85. The average molecular weight is 549 g/mol. The fourth-order valence-corrected chi connectivity index (χ4v) is 5.37. The number of likely N-dealkylation sites (N-methyl/N-ethyl adjacent to an activating group) is 1. The molecule has 3 atom stereocenters. The van der Waals surface area contributed by atoms with E-state index in [0.29, 0.717) is 30.4 Å². The fourth-order valence-electron chi connectivity index (χ4n) is 5.37. The normalized spacial score (nSPS) is 18.3. The molecule has 10 heteroatoms. The van der Waals surface area contributed by atoms with Crippen LogP contribution in [0.25, 0.3) is 22.6 Å². The number of carbonyl (C=O) groups is 1. The van der Waals surface area contributed by atoms with Crippen LogP contribution >= 0.6 is 0 Å². The summed E-state index contributed by atoms with van der Waals surface area (Å²) < 4.78 is 41.9. The number of nitrogens with zero attached hydrogens (tertiary/aromatic N) is 5. The fraction of sp³-hybridized carbons (Fsp3) is 0.333. The quantitative estimate of drug-likeness (QED) is 0.289.